The van der Waals surface area contributed by atoms with Crippen molar-refractivity contribution in [2.24, 2.45) is 7.05 Å². The summed E-state index contributed by atoms with van der Waals surface area (Å²) in [6.45, 7) is 0.247. The number of esters is 1. The molecule has 5 heteroatoms. The predicted molar refractivity (Wildman–Crippen MR) is 135 cm³/mol. The molecule has 0 saturated carbocycles. The van der Waals surface area contributed by atoms with Crippen molar-refractivity contribution in [3.8, 4) is 11.1 Å². The van der Waals surface area contributed by atoms with E-state index >= 15 is 0 Å². The van der Waals surface area contributed by atoms with Crippen LogP contribution in [0.2, 0.25) is 0 Å². The van der Waals surface area contributed by atoms with Crippen molar-refractivity contribution in [3.63, 3.8) is 0 Å². The van der Waals surface area contributed by atoms with Gasteiger partial charge in [-0.05, 0) is 28.3 Å². The van der Waals surface area contributed by atoms with Gasteiger partial charge in [0.2, 0.25) is 11.0 Å². The van der Waals surface area contributed by atoms with E-state index in [0.29, 0.717) is 10.8 Å². The standard InChI is InChI=1S/C30H23NO4/c1-31-25-12-6-5-10-24(25)29(30(33)34)28-23(11-7-13-26(28)31)22-16-14-20(15-17-22)18-27(32)35-19-21-8-3-2-4-9-21/h2-17H,18-19H2,1H3/p+1. The van der Waals surface area contributed by atoms with Crippen molar-refractivity contribution < 1.29 is 24.0 Å². The largest absolute Gasteiger partial charge is 0.478 e. The zero-order chi connectivity index (χ0) is 24.4. The van der Waals surface area contributed by atoms with Crippen LogP contribution in [0.25, 0.3) is 32.9 Å². The van der Waals surface area contributed by atoms with E-state index < -0.39 is 5.97 Å². The molecule has 0 fully saturated rings. The lowest BCUT2D eigenvalue weighted by Gasteiger charge is -2.12. The van der Waals surface area contributed by atoms with Gasteiger partial charge in [-0.1, -0.05) is 78.9 Å². The van der Waals surface area contributed by atoms with Gasteiger partial charge < -0.3 is 9.84 Å². The van der Waals surface area contributed by atoms with E-state index in [-0.39, 0.29) is 24.6 Å². The number of pyridine rings is 1. The van der Waals surface area contributed by atoms with Crippen molar-refractivity contribution >= 4 is 33.7 Å². The summed E-state index contributed by atoms with van der Waals surface area (Å²) in [6.07, 6.45) is 0.169. The van der Waals surface area contributed by atoms with E-state index in [1.165, 1.54) is 0 Å². The fraction of sp³-hybridized carbons (Fsp3) is 0.100. The van der Waals surface area contributed by atoms with Crippen LogP contribution in [0, 0.1) is 0 Å². The molecular formula is C30H24NO4+. The second-order valence-electron chi connectivity index (χ2n) is 8.48. The maximum absolute atomic E-state index is 12.4. The number of carbonyl (C=O) groups is 2. The second-order valence-corrected chi connectivity index (χ2v) is 8.48. The van der Waals surface area contributed by atoms with Crippen molar-refractivity contribution in [2.45, 2.75) is 13.0 Å². The highest BCUT2D eigenvalue weighted by Gasteiger charge is 2.24. The average Bonchev–Trinajstić information content (AvgIpc) is 2.88. The Morgan fingerprint density at radius 2 is 1.46 bits per heavy atom. The van der Waals surface area contributed by atoms with Crippen LogP contribution < -0.4 is 4.57 Å². The summed E-state index contributed by atoms with van der Waals surface area (Å²) >= 11 is 0. The minimum atomic E-state index is -0.961. The number of nitrogens with zero attached hydrogens (tertiary/aromatic N) is 1. The van der Waals surface area contributed by atoms with Crippen LogP contribution >= 0.6 is 0 Å². The zero-order valence-electron chi connectivity index (χ0n) is 19.3. The third kappa shape index (κ3) is 4.36. The lowest BCUT2D eigenvalue weighted by atomic mass is 9.93. The van der Waals surface area contributed by atoms with Gasteiger partial charge in [-0.3, -0.25) is 4.79 Å². The molecule has 0 aliphatic heterocycles. The van der Waals surface area contributed by atoms with Gasteiger partial charge in [-0.25, -0.2) is 4.79 Å². The molecule has 5 nitrogen and oxygen atoms in total. The molecule has 0 spiro atoms. The van der Waals surface area contributed by atoms with Gasteiger partial charge in [0.25, 0.3) is 0 Å². The number of hydrogen-bond donors (Lipinski definition) is 1. The number of para-hydroxylation sites is 1. The van der Waals surface area contributed by atoms with Gasteiger partial charge >= 0.3 is 11.9 Å². The number of ether oxygens (including phenoxy) is 1. The van der Waals surface area contributed by atoms with E-state index in [1.54, 1.807) is 0 Å². The molecule has 172 valence electrons. The molecule has 0 bridgehead atoms. The first-order valence-electron chi connectivity index (χ1n) is 11.4. The number of aromatic carboxylic acids is 1. The Bertz CT molecular complexity index is 1560. The number of hydrogen-bond acceptors (Lipinski definition) is 3. The smallest absolute Gasteiger partial charge is 0.337 e. The molecule has 0 aliphatic carbocycles. The molecule has 5 rings (SSSR count). The normalized spacial score (nSPS) is 11.0. The van der Waals surface area contributed by atoms with E-state index in [4.69, 9.17) is 4.74 Å². The highest BCUT2D eigenvalue weighted by Crippen LogP contribution is 2.33. The van der Waals surface area contributed by atoms with Gasteiger partial charge in [0.1, 0.15) is 13.7 Å². The molecule has 0 unspecified atom stereocenters. The Labute approximate surface area is 202 Å². The number of benzene rings is 4. The third-order valence-corrected chi connectivity index (χ3v) is 6.26. The van der Waals surface area contributed by atoms with Crippen LogP contribution in [0.5, 0.6) is 0 Å². The number of aromatic nitrogens is 1. The van der Waals surface area contributed by atoms with Crippen molar-refractivity contribution in [3.05, 3.63) is 114 Å². The van der Waals surface area contributed by atoms with E-state index in [0.717, 1.165) is 33.3 Å². The van der Waals surface area contributed by atoms with Gasteiger partial charge in [0.15, 0.2) is 0 Å². The molecule has 0 radical (unpaired) electrons. The number of fused-ring (bicyclic) bond motifs is 2. The first kappa shape index (κ1) is 22.3. The number of carboxylic acid groups (broad SMARTS) is 1. The van der Waals surface area contributed by atoms with Gasteiger partial charge in [0.05, 0.1) is 22.8 Å². The Hall–Kier alpha value is -4.51. The number of rotatable bonds is 6. The van der Waals surface area contributed by atoms with Crippen molar-refractivity contribution in [1.29, 1.82) is 0 Å². The summed E-state index contributed by atoms with van der Waals surface area (Å²) in [5.41, 5.74) is 5.49. The van der Waals surface area contributed by atoms with E-state index in [9.17, 15) is 14.7 Å². The molecule has 35 heavy (non-hydrogen) atoms. The Morgan fingerprint density at radius 3 is 2.20 bits per heavy atom. The lowest BCUT2D eigenvalue weighted by Crippen LogP contribution is -2.31. The number of carbonyl (C=O) groups excluding carboxylic acids is 1. The van der Waals surface area contributed by atoms with Crippen molar-refractivity contribution in [2.75, 3.05) is 0 Å². The zero-order valence-corrected chi connectivity index (χ0v) is 19.3. The highest BCUT2D eigenvalue weighted by molar-refractivity contribution is 6.16. The predicted octanol–water partition coefficient (Wildman–Crippen LogP) is 5.47. The number of aryl methyl sites for hydroxylation is 1. The first-order valence-corrected chi connectivity index (χ1v) is 11.4. The molecule has 1 N–H and O–H groups in total. The van der Waals surface area contributed by atoms with Gasteiger partial charge in [-0.15, -0.1) is 0 Å². The summed E-state index contributed by atoms with van der Waals surface area (Å²) in [5, 5.41) is 11.5. The Morgan fingerprint density at radius 1 is 0.771 bits per heavy atom. The molecular weight excluding hydrogens is 438 g/mol. The summed E-state index contributed by atoms with van der Waals surface area (Å²) in [5.74, 6) is -1.25. The van der Waals surface area contributed by atoms with Crippen LogP contribution in [0.3, 0.4) is 0 Å². The van der Waals surface area contributed by atoms with Gasteiger partial charge in [0, 0.05) is 12.1 Å². The average molecular weight is 463 g/mol. The maximum Gasteiger partial charge on any atom is 0.337 e. The highest BCUT2D eigenvalue weighted by atomic mass is 16.5. The van der Waals surface area contributed by atoms with Crippen LogP contribution in [0.1, 0.15) is 21.5 Å². The summed E-state index contributed by atoms with van der Waals surface area (Å²) in [4.78, 5) is 24.7. The molecule has 0 aliphatic rings. The van der Waals surface area contributed by atoms with Gasteiger partial charge in [-0.2, -0.15) is 4.57 Å². The van der Waals surface area contributed by atoms with E-state index in [1.807, 2.05) is 109 Å². The van der Waals surface area contributed by atoms with Crippen molar-refractivity contribution in [1.82, 2.24) is 0 Å². The second kappa shape index (κ2) is 9.39. The summed E-state index contributed by atoms with van der Waals surface area (Å²) < 4.78 is 7.42. The molecule has 5 aromatic rings. The minimum absolute atomic E-state index is 0.169. The Kier molecular flexibility index (Phi) is 5.98. The quantitative estimate of drug-likeness (QED) is 0.206. The monoisotopic (exact) mass is 462 g/mol. The molecule has 0 amide bonds. The molecule has 4 aromatic carbocycles. The fourth-order valence-electron chi connectivity index (χ4n) is 4.54. The first-order chi connectivity index (χ1) is 17.0. The minimum Gasteiger partial charge on any atom is -0.478 e. The molecule has 0 atom stereocenters. The Balaban J connectivity index is 1.48. The topological polar surface area (TPSA) is 67.5 Å². The lowest BCUT2D eigenvalue weighted by molar-refractivity contribution is -0.617. The summed E-state index contributed by atoms with van der Waals surface area (Å²) in [7, 11) is 1.95. The third-order valence-electron chi connectivity index (χ3n) is 6.26. The van der Waals surface area contributed by atoms with Crippen LogP contribution in [-0.2, 0) is 29.6 Å². The maximum atomic E-state index is 12.4. The van der Waals surface area contributed by atoms with Crippen LogP contribution in [-0.4, -0.2) is 17.0 Å². The number of carboxylic acids is 1. The SMILES string of the molecule is C[n+]1c2ccccc2c(C(=O)O)c2c(-c3ccc(CC(=O)OCc4ccccc4)cc3)cccc21. The van der Waals surface area contributed by atoms with Crippen LogP contribution in [0.15, 0.2) is 97.1 Å². The molecule has 0 saturated heterocycles. The van der Waals surface area contributed by atoms with Crippen LogP contribution in [0.4, 0.5) is 0 Å². The fourth-order valence-corrected chi connectivity index (χ4v) is 4.54. The van der Waals surface area contributed by atoms with E-state index in [2.05, 4.69) is 0 Å². The molecule has 1 heterocycles. The molecule has 1 aromatic heterocycles. The summed E-state index contributed by atoms with van der Waals surface area (Å²) in [6, 6.07) is 30.6.